The Morgan fingerprint density at radius 2 is 1.96 bits per heavy atom. The van der Waals surface area contributed by atoms with E-state index < -0.39 is 16.9 Å². The van der Waals surface area contributed by atoms with Gasteiger partial charge in [-0.1, -0.05) is 30.3 Å². The van der Waals surface area contributed by atoms with Gasteiger partial charge in [-0.25, -0.2) is 0 Å². The molecule has 130 valence electrons. The number of nitrogens with one attached hydrogen (secondary N) is 2. The number of aliphatic hydroxyl groups excluding tert-OH is 1. The first-order chi connectivity index (χ1) is 12.1. The Hall–Kier alpha value is -2.93. The minimum Gasteiger partial charge on any atom is -0.394 e. The van der Waals surface area contributed by atoms with Gasteiger partial charge in [0.25, 0.3) is 11.6 Å². The molecule has 0 radical (unpaired) electrons. The van der Waals surface area contributed by atoms with Gasteiger partial charge in [0.15, 0.2) is 0 Å². The van der Waals surface area contributed by atoms with Gasteiger partial charge in [0.2, 0.25) is 0 Å². The van der Waals surface area contributed by atoms with Crippen molar-refractivity contribution < 1.29 is 14.8 Å². The smallest absolute Gasteiger partial charge is 0.293 e. The minimum absolute atomic E-state index is 0.125. The zero-order valence-electron chi connectivity index (χ0n) is 13.5. The van der Waals surface area contributed by atoms with Crippen LogP contribution in [-0.4, -0.2) is 28.6 Å². The Balaban J connectivity index is 1.79. The number of amides is 1. The topological polar surface area (TPSA) is 104 Å². The molecule has 0 spiro atoms. The van der Waals surface area contributed by atoms with Crippen molar-refractivity contribution in [2.45, 2.75) is 24.9 Å². The lowest BCUT2D eigenvalue weighted by Crippen LogP contribution is -2.30. The molecule has 1 saturated carbocycles. The van der Waals surface area contributed by atoms with E-state index in [4.69, 9.17) is 0 Å². The number of nitrogens with zero attached hydrogens (tertiary/aromatic N) is 1. The molecule has 0 heterocycles. The molecule has 7 nitrogen and oxygen atoms in total. The van der Waals surface area contributed by atoms with E-state index in [0.717, 1.165) is 18.4 Å². The highest BCUT2D eigenvalue weighted by Crippen LogP contribution is 2.31. The van der Waals surface area contributed by atoms with Gasteiger partial charge < -0.3 is 15.7 Å². The average molecular weight is 341 g/mol. The van der Waals surface area contributed by atoms with Crippen LogP contribution in [0.3, 0.4) is 0 Å². The average Bonchev–Trinajstić information content (AvgIpc) is 3.44. The van der Waals surface area contributed by atoms with Crippen molar-refractivity contribution in [3.63, 3.8) is 0 Å². The maximum absolute atomic E-state index is 12.4. The minimum atomic E-state index is -0.572. The number of nitro benzene ring substituents is 1. The summed E-state index contributed by atoms with van der Waals surface area (Å²) in [4.78, 5) is 23.2. The van der Waals surface area contributed by atoms with Crippen molar-refractivity contribution in [2.75, 3.05) is 11.9 Å². The van der Waals surface area contributed by atoms with E-state index in [1.54, 1.807) is 24.3 Å². The van der Waals surface area contributed by atoms with Gasteiger partial charge in [-0.2, -0.15) is 0 Å². The number of hydrogen-bond acceptors (Lipinski definition) is 5. The summed E-state index contributed by atoms with van der Waals surface area (Å²) in [6.45, 7) is -0.265. The molecule has 1 unspecified atom stereocenters. The fourth-order valence-corrected chi connectivity index (χ4v) is 2.55. The van der Waals surface area contributed by atoms with E-state index in [-0.39, 0.29) is 23.9 Å². The number of aliphatic hydroxyl groups is 1. The zero-order chi connectivity index (χ0) is 17.8. The van der Waals surface area contributed by atoms with Gasteiger partial charge in [-0.05, 0) is 30.5 Å². The molecule has 1 aliphatic carbocycles. The Morgan fingerprint density at radius 1 is 1.24 bits per heavy atom. The maximum atomic E-state index is 12.4. The first kappa shape index (κ1) is 16.9. The van der Waals surface area contributed by atoms with Gasteiger partial charge in [0, 0.05) is 17.7 Å². The van der Waals surface area contributed by atoms with Gasteiger partial charge in [-0.3, -0.25) is 14.9 Å². The van der Waals surface area contributed by atoms with Crippen molar-refractivity contribution in [3.8, 4) is 0 Å². The summed E-state index contributed by atoms with van der Waals surface area (Å²) in [5.41, 5.74) is 1.24. The molecule has 25 heavy (non-hydrogen) atoms. The lowest BCUT2D eigenvalue weighted by atomic mass is 10.1. The molecule has 1 aliphatic rings. The molecule has 1 fully saturated rings. The predicted octanol–water partition coefficient (Wildman–Crippen LogP) is 2.63. The number of hydrogen-bond donors (Lipinski definition) is 3. The number of carbonyl (C=O) groups excluding carboxylic acids is 1. The molecule has 3 N–H and O–H groups in total. The maximum Gasteiger partial charge on any atom is 0.293 e. The van der Waals surface area contributed by atoms with Crippen LogP contribution in [0.15, 0.2) is 48.5 Å². The third-order valence-corrected chi connectivity index (χ3v) is 4.08. The van der Waals surface area contributed by atoms with Crippen molar-refractivity contribution >= 4 is 17.3 Å². The fraction of sp³-hybridized carbons (Fsp3) is 0.278. The van der Waals surface area contributed by atoms with E-state index >= 15 is 0 Å². The Labute approximate surface area is 144 Å². The SMILES string of the molecule is O=C(NC(CO)c1ccccc1)c1ccc(NC2CC2)c([N+](=O)[O-])c1. The largest absolute Gasteiger partial charge is 0.394 e. The molecular formula is C18H19N3O4. The highest BCUT2D eigenvalue weighted by Gasteiger charge is 2.26. The highest BCUT2D eigenvalue weighted by atomic mass is 16.6. The van der Waals surface area contributed by atoms with Crippen LogP contribution in [-0.2, 0) is 0 Å². The molecule has 0 aliphatic heterocycles. The second-order valence-electron chi connectivity index (χ2n) is 6.03. The molecule has 2 aromatic rings. The summed E-state index contributed by atoms with van der Waals surface area (Å²) in [5, 5.41) is 26.6. The van der Waals surface area contributed by atoms with Crippen LogP contribution < -0.4 is 10.6 Å². The first-order valence-corrected chi connectivity index (χ1v) is 8.10. The summed E-state index contributed by atoms with van der Waals surface area (Å²) in [5.74, 6) is -0.469. The second-order valence-corrected chi connectivity index (χ2v) is 6.03. The molecule has 0 aromatic heterocycles. The van der Waals surface area contributed by atoms with Gasteiger partial charge in [0.05, 0.1) is 17.6 Å². The zero-order valence-corrected chi connectivity index (χ0v) is 13.5. The Bertz CT molecular complexity index is 775. The lowest BCUT2D eigenvalue weighted by molar-refractivity contribution is -0.384. The first-order valence-electron chi connectivity index (χ1n) is 8.10. The molecule has 1 atom stereocenters. The predicted molar refractivity (Wildman–Crippen MR) is 93.5 cm³/mol. The fourth-order valence-electron chi connectivity index (χ4n) is 2.55. The number of benzene rings is 2. The van der Waals surface area contributed by atoms with Gasteiger partial charge in [-0.15, -0.1) is 0 Å². The van der Waals surface area contributed by atoms with Crippen LogP contribution in [0.25, 0.3) is 0 Å². The van der Waals surface area contributed by atoms with Crippen LogP contribution in [0.1, 0.15) is 34.8 Å². The van der Waals surface area contributed by atoms with Crippen molar-refractivity contribution in [1.82, 2.24) is 5.32 Å². The summed E-state index contributed by atoms with van der Waals surface area (Å²) in [7, 11) is 0. The van der Waals surface area contributed by atoms with E-state index in [1.165, 1.54) is 6.07 Å². The van der Waals surface area contributed by atoms with Crippen LogP contribution >= 0.6 is 0 Å². The normalized spacial score (nSPS) is 14.6. The standard InChI is InChI=1S/C18H19N3O4/c22-11-16(12-4-2-1-3-5-12)20-18(23)13-6-9-15(19-14-7-8-14)17(10-13)21(24)25/h1-6,9-10,14,16,19,22H,7-8,11H2,(H,20,23). The summed E-state index contributed by atoms with van der Waals surface area (Å²) in [6.07, 6.45) is 1.99. The number of anilines is 1. The summed E-state index contributed by atoms with van der Waals surface area (Å²) in [6, 6.07) is 13.1. The highest BCUT2D eigenvalue weighted by molar-refractivity contribution is 5.96. The van der Waals surface area contributed by atoms with E-state index in [9.17, 15) is 20.0 Å². The molecule has 0 saturated heterocycles. The molecule has 0 bridgehead atoms. The van der Waals surface area contributed by atoms with Gasteiger partial charge in [0.1, 0.15) is 5.69 Å². The third-order valence-electron chi connectivity index (χ3n) is 4.08. The molecule has 1 amide bonds. The second kappa shape index (κ2) is 7.31. The number of rotatable bonds is 7. The van der Waals surface area contributed by atoms with Crippen molar-refractivity contribution in [1.29, 1.82) is 0 Å². The van der Waals surface area contributed by atoms with Crippen LogP contribution in [0.5, 0.6) is 0 Å². The van der Waals surface area contributed by atoms with Crippen molar-refractivity contribution in [3.05, 3.63) is 69.8 Å². The van der Waals surface area contributed by atoms with Crippen LogP contribution in [0, 0.1) is 10.1 Å². The number of carbonyl (C=O) groups is 1. The van der Waals surface area contributed by atoms with E-state index in [1.807, 2.05) is 18.2 Å². The van der Waals surface area contributed by atoms with Crippen LogP contribution in [0.2, 0.25) is 0 Å². The number of nitro groups is 1. The van der Waals surface area contributed by atoms with E-state index in [2.05, 4.69) is 10.6 Å². The van der Waals surface area contributed by atoms with Crippen LogP contribution in [0.4, 0.5) is 11.4 Å². The van der Waals surface area contributed by atoms with E-state index in [0.29, 0.717) is 5.69 Å². The molecule has 2 aromatic carbocycles. The molecular weight excluding hydrogens is 322 g/mol. The molecule has 3 rings (SSSR count). The third kappa shape index (κ3) is 4.13. The Morgan fingerprint density at radius 3 is 2.56 bits per heavy atom. The van der Waals surface area contributed by atoms with Crippen molar-refractivity contribution in [2.24, 2.45) is 0 Å². The molecule has 7 heteroatoms. The summed E-state index contributed by atoms with van der Waals surface area (Å²) >= 11 is 0. The monoisotopic (exact) mass is 341 g/mol. The summed E-state index contributed by atoms with van der Waals surface area (Å²) < 4.78 is 0. The lowest BCUT2D eigenvalue weighted by Gasteiger charge is -2.17. The quantitative estimate of drug-likeness (QED) is 0.530. The Kier molecular flexibility index (Phi) is 4.95. The van der Waals surface area contributed by atoms with Gasteiger partial charge >= 0.3 is 0 Å².